The third-order valence-corrected chi connectivity index (χ3v) is 3.43. The van der Waals surface area contributed by atoms with E-state index in [2.05, 4.69) is 9.97 Å². The number of rotatable bonds is 5. The largest absolute Gasteiger partial charge is 0.460 e. The number of nitrogens with zero attached hydrogens (tertiary/aromatic N) is 3. The lowest BCUT2D eigenvalue weighted by Crippen LogP contribution is -2.45. The van der Waals surface area contributed by atoms with Gasteiger partial charge in [-0.3, -0.25) is 4.79 Å². The Bertz CT molecular complexity index is 559. The van der Waals surface area contributed by atoms with E-state index in [-0.39, 0.29) is 17.8 Å². The first-order valence-electron chi connectivity index (χ1n) is 7.42. The highest BCUT2D eigenvalue weighted by molar-refractivity contribution is 5.71. The zero-order chi connectivity index (χ0) is 16.9. The van der Waals surface area contributed by atoms with E-state index in [1.807, 2.05) is 0 Å². The predicted molar refractivity (Wildman–Crippen MR) is 79.2 cm³/mol. The summed E-state index contributed by atoms with van der Waals surface area (Å²) in [5, 5.41) is 0. The first-order valence-corrected chi connectivity index (χ1v) is 7.42. The average molecular weight is 325 g/mol. The quantitative estimate of drug-likeness (QED) is 0.770. The highest BCUT2D eigenvalue weighted by atomic mass is 19.1. The zero-order valence-electron chi connectivity index (χ0n) is 13.2. The number of hydrogen-bond donors (Lipinski definition) is 0. The molecule has 0 radical (unpaired) electrons. The number of likely N-dealkylation sites (tertiary alicyclic amines) is 1. The van der Waals surface area contributed by atoms with Gasteiger partial charge in [0.15, 0.2) is 6.29 Å². The van der Waals surface area contributed by atoms with Crippen LogP contribution in [0.15, 0.2) is 12.3 Å². The van der Waals surface area contributed by atoms with Gasteiger partial charge in [0, 0.05) is 32.1 Å². The van der Waals surface area contributed by atoms with E-state index >= 15 is 0 Å². The Morgan fingerprint density at radius 2 is 2.17 bits per heavy atom. The van der Waals surface area contributed by atoms with Crippen molar-refractivity contribution in [2.24, 2.45) is 0 Å². The molecule has 1 aliphatic rings. The second-order valence-corrected chi connectivity index (χ2v) is 5.95. The van der Waals surface area contributed by atoms with Gasteiger partial charge in [0.1, 0.15) is 24.1 Å². The summed E-state index contributed by atoms with van der Waals surface area (Å²) in [6.45, 7) is 3.21. The Morgan fingerprint density at radius 3 is 2.78 bits per heavy atom. The fraction of sp³-hybridized carbons (Fsp3) is 0.600. The summed E-state index contributed by atoms with van der Waals surface area (Å²) < 4.78 is 23.5. The SMILES string of the molecule is CC(C)(CF)OC(=O)N1CCC(Oc2nccc(C=O)n2)CC1. The van der Waals surface area contributed by atoms with E-state index in [0.717, 1.165) is 0 Å². The topological polar surface area (TPSA) is 81.6 Å². The maximum atomic E-state index is 12.7. The highest BCUT2D eigenvalue weighted by Gasteiger charge is 2.30. The number of aromatic nitrogens is 2. The Kier molecular flexibility index (Phi) is 5.46. The van der Waals surface area contributed by atoms with Gasteiger partial charge in [-0.1, -0.05) is 0 Å². The minimum absolute atomic E-state index is 0.143. The van der Waals surface area contributed by atoms with Crippen LogP contribution in [0.4, 0.5) is 9.18 Å². The summed E-state index contributed by atoms with van der Waals surface area (Å²) in [5.41, 5.74) is -0.863. The molecule has 0 saturated carbocycles. The smallest absolute Gasteiger partial charge is 0.410 e. The number of hydrogen-bond acceptors (Lipinski definition) is 6. The van der Waals surface area contributed by atoms with Gasteiger partial charge in [0.25, 0.3) is 0 Å². The van der Waals surface area contributed by atoms with Crippen molar-refractivity contribution in [1.82, 2.24) is 14.9 Å². The molecule has 8 heteroatoms. The van der Waals surface area contributed by atoms with Crippen LogP contribution in [0.1, 0.15) is 37.2 Å². The first-order chi connectivity index (χ1) is 10.9. The number of halogens is 1. The second-order valence-electron chi connectivity index (χ2n) is 5.95. The predicted octanol–water partition coefficient (Wildman–Crippen LogP) is 2.02. The van der Waals surface area contributed by atoms with Crippen LogP contribution in [-0.4, -0.2) is 58.7 Å². The lowest BCUT2D eigenvalue weighted by molar-refractivity contribution is -0.00965. The van der Waals surface area contributed by atoms with E-state index < -0.39 is 18.4 Å². The van der Waals surface area contributed by atoms with Crippen LogP contribution < -0.4 is 4.74 Å². The van der Waals surface area contributed by atoms with Crippen LogP contribution in [0.5, 0.6) is 6.01 Å². The molecule has 0 bridgehead atoms. The van der Waals surface area contributed by atoms with Gasteiger partial charge in [-0.05, 0) is 19.9 Å². The summed E-state index contributed by atoms with van der Waals surface area (Å²) in [6, 6.07) is 1.64. The normalized spacial score (nSPS) is 16.0. The molecule has 0 unspecified atom stereocenters. The second kappa shape index (κ2) is 7.34. The molecular formula is C15H20FN3O4. The number of ether oxygens (including phenoxy) is 2. The molecule has 1 fully saturated rings. The van der Waals surface area contributed by atoms with Gasteiger partial charge in [0.05, 0.1) is 0 Å². The van der Waals surface area contributed by atoms with E-state index in [1.165, 1.54) is 31.0 Å². The molecule has 1 amide bonds. The van der Waals surface area contributed by atoms with Crippen molar-refractivity contribution in [3.8, 4) is 6.01 Å². The van der Waals surface area contributed by atoms with Crippen LogP contribution in [0.2, 0.25) is 0 Å². The molecule has 0 spiro atoms. The van der Waals surface area contributed by atoms with Crippen molar-refractivity contribution < 1.29 is 23.5 Å². The molecule has 1 saturated heterocycles. The van der Waals surface area contributed by atoms with Crippen LogP contribution >= 0.6 is 0 Å². The van der Waals surface area contributed by atoms with E-state index in [4.69, 9.17) is 9.47 Å². The minimum Gasteiger partial charge on any atom is -0.460 e. The number of carbonyl (C=O) groups excluding carboxylic acids is 2. The van der Waals surface area contributed by atoms with Crippen LogP contribution in [-0.2, 0) is 4.74 Å². The van der Waals surface area contributed by atoms with Gasteiger partial charge in [-0.25, -0.2) is 14.2 Å². The Morgan fingerprint density at radius 1 is 1.48 bits per heavy atom. The van der Waals surface area contributed by atoms with Gasteiger partial charge >= 0.3 is 12.1 Å². The summed E-state index contributed by atoms with van der Waals surface area (Å²) in [7, 11) is 0. The molecule has 2 heterocycles. The standard InChI is InChI=1S/C15H20FN3O4/c1-15(2,10-16)23-14(21)19-7-4-12(5-8-19)22-13-17-6-3-11(9-20)18-13/h3,6,9,12H,4-5,7-8,10H2,1-2H3. The number of alkyl halides is 1. The molecule has 1 aromatic heterocycles. The maximum Gasteiger partial charge on any atom is 0.410 e. The summed E-state index contributed by atoms with van der Waals surface area (Å²) in [6.07, 6.45) is 2.58. The zero-order valence-corrected chi connectivity index (χ0v) is 13.2. The molecular weight excluding hydrogens is 305 g/mol. The summed E-state index contributed by atoms with van der Waals surface area (Å²) in [4.78, 5) is 32.1. The fourth-order valence-electron chi connectivity index (χ4n) is 2.11. The van der Waals surface area contributed by atoms with Crippen LogP contribution in [0.25, 0.3) is 0 Å². The minimum atomic E-state index is -1.12. The van der Waals surface area contributed by atoms with Crippen molar-refractivity contribution in [3.63, 3.8) is 0 Å². The van der Waals surface area contributed by atoms with Gasteiger partial charge < -0.3 is 14.4 Å². The molecule has 0 aromatic carbocycles. The fourth-order valence-corrected chi connectivity index (χ4v) is 2.11. The number of piperidine rings is 1. The molecule has 126 valence electrons. The molecule has 1 aromatic rings. The molecule has 23 heavy (non-hydrogen) atoms. The van der Waals surface area contributed by atoms with E-state index in [0.29, 0.717) is 32.2 Å². The van der Waals surface area contributed by atoms with Gasteiger partial charge in [-0.15, -0.1) is 0 Å². The lowest BCUT2D eigenvalue weighted by atomic mass is 10.1. The maximum absolute atomic E-state index is 12.7. The molecule has 0 aliphatic carbocycles. The van der Waals surface area contributed by atoms with Crippen molar-refractivity contribution in [2.75, 3.05) is 19.8 Å². The molecule has 1 aliphatic heterocycles. The summed E-state index contributed by atoms with van der Waals surface area (Å²) >= 11 is 0. The number of carbonyl (C=O) groups is 2. The van der Waals surface area contributed by atoms with Crippen LogP contribution in [0.3, 0.4) is 0 Å². The monoisotopic (exact) mass is 325 g/mol. The Balaban J connectivity index is 1.83. The van der Waals surface area contributed by atoms with Gasteiger partial charge in [-0.2, -0.15) is 4.98 Å². The van der Waals surface area contributed by atoms with E-state index in [9.17, 15) is 14.0 Å². The summed E-state index contributed by atoms with van der Waals surface area (Å²) in [5.74, 6) is 0. The third-order valence-electron chi connectivity index (χ3n) is 3.43. The van der Waals surface area contributed by atoms with E-state index in [1.54, 1.807) is 0 Å². The van der Waals surface area contributed by atoms with Crippen molar-refractivity contribution in [1.29, 1.82) is 0 Å². The van der Waals surface area contributed by atoms with Crippen molar-refractivity contribution in [3.05, 3.63) is 18.0 Å². The van der Waals surface area contributed by atoms with Crippen LogP contribution in [0, 0.1) is 0 Å². The van der Waals surface area contributed by atoms with Gasteiger partial charge in [0.2, 0.25) is 0 Å². The number of aldehydes is 1. The molecule has 0 atom stereocenters. The van der Waals surface area contributed by atoms with Crippen molar-refractivity contribution in [2.45, 2.75) is 38.4 Å². The molecule has 7 nitrogen and oxygen atoms in total. The number of amides is 1. The molecule has 2 rings (SSSR count). The lowest BCUT2D eigenvalue weighted by Gasteiger charge is -2.33. The first kappa shape index (κ1) is 17.1. The van der Waals surface area contributed by atoms with Crippen molar-refractivity contribution >= 4 is 12.4 Å². The third kappa shape index (κ3) is 4.87. The Hall–Kier alpha value is -2.25. The Labute approximate surface area is 133 Å². The average Bonchev–Trinajstić information content (AvgIpc) is 2.55. The molecule has 0 N–H and O–H groups in total. The highest BCUT2D eigenvalue weighted by Crippen LogP contribution is 2.19.